The Labute approximate surface area is 178 Å². The number of anilines is 1. The van der Waals surface area contributed by atoms with Crippen molar-refractivity contribution < 1.29 is 23.5 Å². The van der Waals surface area contributed by atoms with Crippen LogP contribution in [0.1, 0.15) is 31.0 Å². The summed E-state index contributed by atoms with van der Waals surface area (Å²) in [5.41, 5.74) is 1.95. The zero-order valence-electron chi connectivity index (χ0n) is 17.0. The maximum Gasteiger partial charge on any atom is 0.322 e. The second-order valence-electron chi connectivity index (χ2n) is 6.57. The molecule has 158 valence electrons. The highest BCUT2D eigenvalue weighted by Gasteiger charge is 2.40. The predicted molar refractivity (Wildman–Crippen MR) is 114 cm³/mol. The maximum absolute atomic E-state index is 14.7. The molecule has 30 heavy (non-hydrogen) atoms. The Hall–Kier alpha value is -3.00. The van der Waals surface area contributed by atoms with E-state index in [9.17, 15) is 14.0 Å². The molecule has 1 atom stereocenters. The first kappa shape index (κ1) is 21.7. The summed E-state index contributed by atoms with van der Waals surface area (Å²) in [4.78, 5) is 30.0. The van der Waals surface area contributed by atoms with Gasteiger partial charge < -0.3 is 14.8 Å². The minimum absolute atomic E-state index is 0.0824. The van der Waals surface area contributed by atoms with Crippen LogP contribution in [0.25, 0.3) is 10.2 Å². The van der Waals surface area contributed by atoms with Crippen molar-refractivity contribution >= 4 is 38.6 Å². The van der Waals surface area contributed by atoms with E-state index in [0.717, 1.165) is 15.8 Å². The molecule has 1 heterocycles. The van der Waals surface area contributed by atoms with E-state index >= 15 is 0 Å². The standard InChI is InChI=1S/C22H23FN2O4S/c1-4-28-20(26)17(21(27)29-5-2)19(14-10-6-7-11-15(14)23)25-22-24-18-13(3)9-8-12-16(18)30-22/h6-12,17,19H,4-5H2,1-3H3,(H,24,25). The van der Waals surface area contributed by atoms with E-state index < -0.39 is 29.7 Å². The number of nitrogens with one attached hydrogen (secondary N) is 1. The normalized spacial score (nSPS) is 12.0. The van der Waals surface area contributed by atoms with Gasteiger partial charge in [-0.15, -0.1) is 0 Å². The van der Waals surface area contributed by atoms with Gasteiger partial charge in [0.25, 0.3) is 0 Å². The molecule has 6 nitrogen and oxygen atoms in total. The molecule has 0 radical (unpaired) electrons. The number of fused-ring (bicyclic) bond motifs is 1. The molecule has 1 aromatic heterocycles. The number of hydrogen-bond donors (Lipinski definition) is 1. The van der Waals surface area contributed by atoms with Gasteiger partial charge in [-0.25, -0.2) is 9.37 Å². The Morgan fingerprint density at radius 2 is 1.73 bits per heavy atom. The number of ether oxygens (including phenoxy) is 2. The number of aryl methyl sites for hydroxylation is 1. The van der Waals surface area contributed by atoms with Crippen LogP contribution in [0.4, 0.5) is 9.52 Å². The van der Waals surface area contributed by atoms with Gasteiger partial charge in [0, 0.05) is 5.56 Å². The summed E-state index contributed by atoms with van der Waals surface area (Å²) >= 11 is 1.36. The summed E-state index contributed by atoms with van der Waals surface area (Å²) in [6.07, 6.45) is 0. The fourth-order valence-electron chi connectivity index (χ4n) is 3.18. The number of rotatable bonds is 8. The summed E-state index contributed by atoms with van der Waals surface area (Å²) in [5, 5.41) is 3.56. The Morgan fingerprint density at radius 1 is 1.07 bits per heavy atom. The van der Waals surface area contributed by atoms with Crippen molar-refractivity contribution in [2.45, 2.75) is 26.8 Å². The molecule has 2 aromatic carbocycles. The molecule has 1 unspecified atom stereocenters. The summed E-state index contributed by atoms with van der Waals surface area (Å²) < 4.78 is 25.9. The van der Waals surface area contributed by atoms with E-state index in [2.05, 4.69) is 10.3 Å². The number of benzene rings is 2. The molecule has 0 aliphatic carbocycles. The smallest absolute Gasteiger partial charge is 0.322 e. The predicted octanol–water partition coefficient (Wildman–Crippen LogP) is 4.64. The number of carbonyl (C=O) groups is 2. The number of para-hydroxylation sites is 1. The summed E-state index contributed by atoms with van der Waals surface area (Å²) in [6.45, 7) is 5.39. The van der Waals surface area contributed by atoms with E-state index in [-0.39, 0.29) is 18.8 Å². The molecule has 0 saturated heterocycles. The van der Waals surface area contributed by atoms with Crippen LogP contribution in [0, 0.1) is 18.7 Å². The largest absolute Gasteiger partial charge is 0.465 e. The molecule has 8 heteroatoms. The lowest BCUT2D eigenvalue weighted by molar-refractivity contribution is -0.162. The van der Waals surface area contributed by atoms with Crippen LogP contribution >= 0.6 is 11.3 Å². The Balaban J connectivity index is 2.08. The van der Waals surface area contributed by atoms with E-state index in [1.165, 1.54) is 23.5 Å². The fourth-order valence-corrected chi connectivity index (χ4v) is 4.16. The van der Waals surface area contributed by atoms with Gasteiger partial charge >= 0.3 is 11.9 Å². The average molecular weight is 431 g/mol. The van der Waals surface area contributed by atoms with E-state index in [0.29, 0.717) is 5.13 Å². The minimum Gasteiger partial charge on any atom is -0.465 e. The van der Waals surface area contributed by atoms with Crippen molar-refractivity contribution in [2.75, 3.05) is 18.5 Å². The second kappa shape index (κ2) is 9.67. The molecular weight excluding hydrogens is 407 g/mol. The lowest BCUT2D eigenvalue weighted by Crippen LogP contribution is -2.37. The molecule has 0 spiro atoms. The van der Waals surface area contributed by atoms with Crippen LogP contribution < -0.4 is 5.32 Å². The molecule has 0 bridgehead atoms. The van der Waals surface area contributed by atoms with Crippen LogP contribution in [-0.2, 0) is 19.1 Å². The van der Waals surface area contributed by atoms with Crippen molar-refractivity contribution in [3.8, 4) is 0 Å². The van der Waals surface area contributed by atoms with Gasteiger partial charge in [-0.05, 0) is 38.5 Å². The third kappa shape index (κ3) is 4.59. The number of nitrogens with zero attached hydrogens (tertiary/aromatic N) is 1. The van der Waals surface area contributed by atoms with Gasteiger partial charge in [-0.3, -0.25) is 9.59 Å². The summed E-state index contributed by atoms with van der Waals surface area (Å²) in [7, 11) is 0. The summed E-state index contributed by atoms with van der Waals surface area (Å²) in [6, 6.07) is 10.7. The molecule has 0 aliphatic heterocycles. The molecule has 0 fully saturated rings. The van der Waals surface area contributed by atoms with Crippen molar-refractivity contribution in [2.24, 2.45) is 5.92 Å². The van der Waals surface area contributed by atoms with Crippen molar-refractivity contribution in [1.82, 2.24) is 4.98 Å². The van der Waals surface area contributed by atoms with Crippen LogP contribution in [0.2, 0.25) is 0 Å². The Morgan fingerprint density at radius 3 is 2.33 bits per heavy atom. The van der Waals surface area contributed by atoms with Crippen molar-refractivity contribution in [3.05, 3.63) is 59.4 Å². The first-order valence-corrected chi connectivity index (χ1v) is 10.5. The number of aromatic nitrogens is 1. The Kier molecular flexibility index (Phi) is 6.99. The van der Waals surface area contributed by atoms with E-state index in [4.69, 9.17) is 9.47 Å². The molecule has 3 rings (SSSR count). The SMILES string of the molecule is CCOC(=O)C(C(=O)OCC)C(Nc1nc2c(C)cccc2s1)c1ccccc1F. The lowest BCUT2D eigenvalue weighted by Gasteiger charge is -2.25. The number of esters is 2. The third-order valence-corrected chi connectivity index (χ3v) is 5.51. The van der Waals surface area contributed by atoms with Crippen LogP contribution in [0.5, 0.6) is 0 Å². The molecule has 1 N–H and O–H groups in total. The fraction of sp³-hybridized carbons (Fsp3) is 0.318. The first-order chi connectivity index (χ1) is 14.5. The minimum atomic E-state index is -1.39. The van der Waals surface area contributed by atoms with Gasteiger partial charge in [0.2, 0.25) is 0 Å². The summed E-state index contributed by atoms with van der Waals surface area (Å²) in [5.74, 6) is -3.51. The quantitative estimate of drug-likeness (QED) is 0.414. The maximum atomic E-state index is 14.7. The molecule has 0 amide bonds. The number of hydrogen-bond acceptors (Lipinski definition) is 7. The van der Waals surface area contributed by atoms with Gasteiger partial charge in [0.05, 0.1) is 29.5 Å². The number of thiazole rings is 1. The topological polar surface area (TPSA) is 77.5 Å². The molecule has 3 aromatic rings. The van der Waals surface area contributed by atoms with Crippen molar-refractivity contribution in [1.29, 1.82) is 0 Å². The van der Waals surface area contributed by atoms with Gasteiger partial charge in [0.1, 0.15) is 5.82 Å². The monoisotopic (exact) mass is 430 g/mol. The zero-order chi connectivity index (χ0) is 21.7. The highest BCUT2D eigenvalue weighted by Crippen LogP contribution is 2.35. The molecule has 0 aliphatic rings. The van der Waals surface area contributed by atoms with Crippen molar-refractivity contribution in [3.63, 3.8) is 0 Å². The van der Waals surface area contributed by atoms with Crippen LogP contribution in [0.3, 0.4) is 0 Å². The third-order valence-electron chi connectivity index (χ3n) is 4.55. The lowest BCUT2D eigenvalue weighted by atomic mass is 9.92. The highest BCUT2D eigenvalue weighted by molar-refractivity contribution is 7.22. The number of halogens is 1. The van der Waals surface area contributed by atoms with E-state index in [1.807, 2.05) is 25.1 Å². The van der Waals surface area contributed by atoms with Crippen LogP contribution in [-0.4, -0.2) is 30.1 Å². The second-order valence-corrected chi connectivity index (χ2v) is 7.60. The zero-order valence-corrected chi connectivity index (χ0v) is 17.8. The first-order valence-electron chi connectivity index (χ1n) is 9.66. The van der Waals surface area contributed by atoms with Gasteiger partial charge in [-0.2, -0.15) is 0 Å². The van der Waals surface area contributed by atoms with E-state index in [1.54, 1.807) is 26.0 Å². The number of carbonyl (C=O) groups excluding carboxylic acids is 2. The highest BCUT2D eigenvalue weighted by atomic mass is 32.1. The Bertz CT molecular complexity index is 1030. The average Bonchev–Trinajstić information content (AvgIpc) is 3.12. The van der Waals surface area contributed by atoms with Gasteiger partial charge in [-0.1, -0.05) is 41.7 Å². The molecular formula is C22H23FN2O4S. The van der Waals surface area contributed by atoms with Gasteiger partial charge in [0.15, 0.2) is 11.0 Å². The van der Waals surface area contributed by atoms with Crippen LogP contribution in [0.15, 0.2) is 42.5 Å². The molecule has 0 saturated carbocycles.